The highest BCUT2D eigenvalue weighted by atomic mass is 28.3. The van der Waals surface area contributed by atoms with Crippen molar-refractivity contribution in [2.24, 2.45) is 4.99 Å². The third-order valence-corrected chi connectivity index (χ3v) is 11.4. The summed E-state index contributed by atoms with van der Waals surface area (Å²) in [6.45, 7) is 12.5. The summed E-state index contributed by atoms with van der Waals surface area (Å²) in [7, 11) is -1.74. The summed E-state index contributed by atoms with van der Waals surface area (Å²) in [5.74, 6) is -1.05. The van der Waals surface area contributed by atoms with E-state index < -0.39 is 37.0 Å². The molecule has 1 aliphatic carbocycles. The van der Waals surface area contributed by atoms with Gasteiger partial charge in [0.2, 0.25) is 5.91 Å². The second-order valence-electron chi connectivity index (χ2n) is 10.9. The smallest absolute Gasteiger partial charge is 0.311 e. The monoisotopic (exact) mass is 474 g/mol. The highest BCUT2D eigenvalue weighted by molar-refractivity contribution is 6.82. The highest BCUT2D eigenvalue weighted by Gasteiger charge is 2.54. The number of aryl methyl sites for hydroxylation is 1. The average molecular weight is 475 g/mol. The molecule has 0 spiro atoms. The molecule has 1 fully saturated rings. The molecule has 0 atom stereocenters. The molecule has 0 saturated heterocycles. The molecular formula is C24H32F2N4O2Si. The normalized spacial score (nSPS) is 20.8. The van der Waals surface area contributed by atoms with Crippen LogP contribution in [0.3, 0.4) is 0 Å². The van der Waals surface area contributed by atoms with E-state index in [4.69, 9.17) is 0 Å². The van der Waals surface area contributed by atoms with E-state index in [-0.39, 0.29) is 23.1 Å². The third-order valence-electron chi connectivity index (χ3n) is 7.85. The minimum absolute atomic E-state index is 0.0324. The van der Waals surface area contributed by atoms with E-state index in [1.807, 2.05) is 13.8 Å². The Bertz CT molecular complexity index is 1100. The molecule has 0 unspecified atom stereocenters. The number of benzene rings is 1. The van der Waals surface area contributed by atoms with Crippen LogP contribution in [0.5, 0.6) is 0 Å². The summed E-state index contributed by atoms with van der Waals surface area (Å²) < 4.78 is 28.6. The molecule has 178 valence electrons. The van der Waals surface area contributed by atoms with Crippen molar-refractivity contribution in [1.29, 1.82) is 0 Å². The summed E-state index contributed by atoms with van der Waals surface area (Å²) >= 11 is 0. The predicted octanol–water partition coefficient (Wildman–Crippen LogP) is 4.99. The van der Waals surface area contributed by atoms with Crippen LogP contribution < -0.4 is 10.6 Å². The number of carbonyl (C=O) groups is 2. The second kappa shape index (κ2) is 7.75. The van der Waals surface area contributed by atoms with Gasteiger partial charge in [0.25, 0.3) is 0 Å². The van der Waals surface area contributed by atoms with Crippen molar-refractivity contribution in [3.63, 3.8) is 0 Å². The molecule has 9 heteroatoms. The standard InChI is InChI=1S/C24H32F2N4O2Si/c1-14-8-9-17(25)19(18(14)26)28-22(32)30-13-15-16(23(30,2)3)12-27-20(15)29-21(31)24(10-7-11-24)33(4,5)6/h8-9H,7,10-13H2,1-6H3,(H,28,32)(H,27,29,31). The quantitative estimate of drug-likeness (QED) is 0.606. The third kappa shape index (κ3) is 3.60. The SMILES string of the molecule is Cc1ccc(F)c(NC(=O)N2CC3=C(CN=C3NC(=O)C3([Si](C)(C)C)CCC3)C2(C)C)c1F. The van der Waals surface area contributed by atoms with E-state index in [0.717, 1.165) is 36.5 Å². The maximum Gasteiger partial charge on any atom is 0.323 e. The van der Waals surface area contributed by atoms with Crippen molar-refractivity contribution in [1.82, 2.24) is 10.2 Å². The lowest BCUT2D eigenvalue weighted by Gasteiger charge is -2.49. The number of carbonyl (C=O) groups excluding carboxylic acids is 2. The van der Waals surface area contributed by atoms with Crippen molar-refractivity contribution in [3.8, 4) is 0 Å². The zero-order chi connectivity index (χ0) is 24.3. The Kier molecular flexibility index (Phi) is 5.54. The number of amides is 3. The Morgan fingerprint density at radius 3 is 2.36 bits per heavy atom. The first kappa shape index (κ1) is 23.6. The molecule has 2 N–H and O–H groups in total. The fraction of sp³-hybridized carbons (Fsp3) is 0.542. The van der Waals surface area contributed by atoms with Gasteiger partial charge in [0.15, 0.2) is 5.82 Å². The van der Waals surface area contributed by atoms with Crippen molar-refractivity contribution in [3.05, 3.63) is 40.5 Å². The van der Waals surface area contributed by atoms with Crippen LogP contribution in [-0.2, 0) is 4.79 Å². The number of hydrogen-bond acceptors (Lipinski definition) is 3. The molecule has 1 aromatic carbocycles. The Hall–Kier alpha value is -2.55. The zero-order valence-electron chi connectivity index (χ0n) is 20.2. The largest absolute Gasteiger partial charge is 0.323 e. The first-order valence-electron chi connectivity index (χ1n) is 11.4. The van der Waals surface area contributed by atoms with Crippen LogP contribution in [0.15, 0.2) is 28.3 Å². The number of amidine groups is 1. The van der Waals surface area contributed by atoms with E-state index in [1.165, 1.54) is 17.9 Å². The van der Waals surface area contributed by atoms with Crippen LogP contribution >= 0.6 is 0 Å². The number of anilines is 1. The maximum absolute atomic E-state index is 14.4. The number of aliphatic imine (C=N–C) groups is 1. The summed E-state index contributed by atoms with van der Waals surface area (Å²) in [5, 5.41) is 5.21. The number of nitrogens with one attached hydrogen (secondary N) is 2. The van der Waals surface area contributed by atoms with Crippen molar-refractivity contribution in [2.45, 2.75) is 70.3 Å². The van der Waals surface area contributed by atoms with Gasteiger partial charge in [0.05, 0.1) is 26.7 Å². The van der Waals surface area contributed by atoms with E-state index >= 15 is 0 Å². The highest BCUT2D eigenvalue weighted by Crippen LogP contribution is 2.55. The number of nitrogens with zero attached hydrogens (tertiary/aromatic N) is 2. The van der Waals surface area contributed by atoms with Gasteiger partial charge in [-0.25, -0.2) is 13.6 Å². The first-order chi connectivity index (χ1) is 15.3. The van der Waals surface area contributed by atoms with E-state index in [1.54, 1.807) is 0 Å². The molecule has 33 heavy (non-hydrogen) atoms. The Balaban J connectivity index is 1.53. The minimum Gasteiger partial charge on any atom is -0.311 e. The van der Waals surface area contributed by atoms with Gasteiger partial charge in [0, 0.05) is 10.6 Å². The molecule has 1 saturated carbocycles. The lowest BCUT2D eigenvalue weighted by Crippen LogP contribution is -2.55. The number of hydrogen-bond donors (Lipinski definition) is 2. The summed E-state index contributed by atoms with van der Waals surface area (Å²) in [5.41, 5.74) is 0.844. The molecule has 0 radical (unpaired) electrons. The van der Waals surface area contributed by atoms with Crippen LogP contribution in [0, 0.1) is 18.6 Å². The van der Waals surface area contributed by atoms with Gasteiger partial charge in [-0.2, -0.15) is 0 Å². The molecule has 6 nitrogen and oxygen atoms in total. The van der Waals surface area contributed by atoms with Gasteiger partial charge in [-0.3, -0.25) is 9.79 Å². The average Bonchev–Trinajstić information content (AvgIpc) is 3.18. The number of halogens is 2. The van der Waals surface area contributed by atoms with E-state index in [0.29, 0.717) is 12.4 Å². The molecule has 0 aromatic heterocycles. The number of urea groups is 1. The fourth-order valence-corrected chi connectivity index (χ4v) is 7.80. The van der Waals surface area contributed by atoms with Gasteiger partial charge < -0.3 is 15.5 Å². The Labute approximate surface area is 194 Å². The van der Waals surface area contributed by atoms with E-state index in [2.05, 4.69) is 35.3 Å². The van der Waals surface area contributed by atoms with E-state index in [9.17, 15) is 18.4 Å². The van der Waals surface area contributed by atoms with Crippen molar-refractivity contribution < 1.29 is 18.4 Å². The summed E-state index contributed by atoms with van der Waals surface area (Å²) in [6, 6.07) is 1.87. The Morgan fingerprint density at radius 2 is 1.79 bits per heavy atom. The van der Waals surface area contributed by atoms with Crippen LogP contribution in [-0.4, -0.2) is 49.4 Å². The van der Waals surface area contributed by atoms with Crippen molar-refractivity contribution in [2.75, 3.05) is 18.4 Å². The molecule has 2 heterocycles. The van der Waals surface area contributed by atoms with Gasteiger partial charge in [-0.15, -0.1) is 0 Å². The predicted molar refractivity (Wildman–Crippen MR) is 128 cm³/mol. The van der Waals surface area contributed by atoms with Crippen LogP contribution in [0.2, 0.25) is 24.7 Å². The minimum atomic E-state index is -1.74. The van der Waals surface area contributed by atoms with Crippen LogP contribution in [0.25, 0.3) is 0 Å². The van der Waals surface area contributed by atoms with Crippen LogP contribution in [0.1, 0.15) is 38.7 Å². The van der Waals surface area contributed by atoms with Crippen molar-refractivity contribution >= 4 is 31.5 Å². The molecule has 3 amide bonds. The maximum atomic E-state index is 14.4. The summed E-state index contributed by atoms with van der Waals surface area (Å²) in [6.07, 6.45) is 2.87. The molecule has 4 rings (SSSR count). The zero-order valence-corrected chi connectivity index (χ0v) is 21.2. The fourth-order valence-electron chi connectivity index (χ4n) is 5.21. The number of rotatable bonds is 3. The summed E-state index contributed by atoms with van der Waals surface area (Å²) in [4.78, 5) is 32.5. The van der Waals surface area contributed by atoms with Crippen LogP contribution in [0.4, 0.5) is 19.3 Å². The molecule has 3 aliphatic rings. The lowest BCUT2D eigenvalue weighted by molar-refractivity contribution is -0.125. The molecule has 0 bridgehead atoms. The molecule has 2 aliphatic heterocycles. The van der Waals surface area contributed by atoms with Gasteiger partial charge in [0.1, 0.15) is 17.3 Å². The van der Waals surface area contributed by atoms with Gasteiger partial charge >= 0.3 is 6.03 Å². The topological polar surface area (TPSA) is 73.8 Å². The molecular weight excluding hydrogens is 442 g/mol. The molecule has 1 aromatic rings. The van der Waals surface area contributed by atoms with Gasteiger partial charge in [-0.1, -0.05) is 32.1 Å². The lowest BCUT2D eigenvalue weighted by atomic mass is 9.83. The second-order valence-corrected chi connectivity index (χ2v) is 16.3. The Morgan fingerprint density at radius 1 is 1.12 bits per heavy atom. The first-order valence-corrected chi connectivity index (χ1v) is 14.9. The van der Waals surface area contributed by atoms with Gasteiger partial charge in [-0.05, 0) is 50.8 Å².